The SMILES string of the molecule is Cc1ccc(NC(=O)CSc2ccc(-n3ccnc3)nn2)cc1F. The second-order valence-corrected chi connectivity index (χ2v) is 6.00. The summed E-state index contributed by atoms with van der Waals surface area (Å²) >= 11 is 1.26. The van der Waals surface area contributed by atoms with Crippen LogP contribution in [-0.4, -0.2) is 31.4 Å². The lowest BCUT2D eigenvalue weighted by Gasteiger charge is -2.06. The van der Waals surface area contributed by atoms with Gasteiger partial charge in [-0.1, -0.05) is 17.8 Å². The number of carbonyl (C=O) groups excluding carboxylic acids is 1. The molecule has 0 aliphatic rings. The first-order chi connectivity index (χ1) is 11.6. The molecule has 2 heterocycles. The van der Waals surface area contributed by atoms with Crippen molar-refractivity contribution in [3.05, 3.63) is 60.4 Å². The molecule has 0 bridgehead atoms. The van der Waals surface area contributed by atoms with E-state index >= 15 is 0 Å². The van der Waals surface area contributed by atoms with Gasteiger partial charge in [-0.05, 0) is 36.8 Å². The van der Waals surface area contributed by atoms with Crippen molar-refractivity contribution in [2.75, 3.05) is 11.1 Å². The fourth-order valence-electron chi connectivity index (χ4n) is 1.93. The standard InChI is InChI=1S/C16H14FN5OS/c1-11-2-3-12(8-13(11)17)19-15(23)9-24-16-5-4-14(20-21-16)22-7-6-18-10-22/h2-8,10H,9H2,1H3,(H,19,23). The molecular weight excluding hydrogens is 329 g/mol. The molecule has 0 aliphatic carbocycles. The molecule has 1 N–H and O–H groups in total. The number of aromatic nitrogens is 4. The van der Waals surface area contributed by atoms with E-state index in [1.807, 2.05) is 0 Å². The molecule has 3 rings (SSSR count). The molecule has 1 amide bonds. The summed E-state index contributed by atoms with van der Waals surface area (Å²) in [6, 6.07) is 8.17. The van der Waals surface area contributed by atoms with Gasteiger partial charge < -0.3 is 5.32 Å². The highest BCUT2D eigenvalue weighted by Gasteiger charge is 2.07. The topological polar surface area (TPSA) is 72.7 Å². The summed E-state index contributed by atoms with van der Waals surface area (Å²) in [7, 11) is 0. The number of halogens is 1. The Kier molecular flexibility index (Phi) is 4.85. The van der Waals surface area contributed by atoms with Crippen LogP contribution in [-0.2, 0) is 4.79 Å². The number of carbonyl (C=O) groups is 1. The maximum atomic E-state index is 13.5. The van der Waals surface area contributed by atoms with Crippen molar-refractivity contribution < 1.29 is 9.18 Å². The molecule has 122 valence electrons. The fourth-order valence-corrected chi connectivity index (χ4v) is 2.54. The largest absolute Gasteiger partial charge is 0.325 e. The Labute approximate surface area is 142 Å². The van der Waals surface area contributed by atoms with E-state index < -0.39 is 0 Å². The Morgan fingerprint density at radius 3 is 2.83 bits per heavy atom. The molecule has 0 atom stereocenters. The number of hydrogen-bond donors (Lipinski definition) is 1. The van der Waals surface area contributed by atoms with Gasteiger partial charge in [0, 0.05) is 18.1 Å². The zero-order valence-electron chi connectivity index (χ0n) is 12.8. The van der Waals surface area contributed by atoms with E-state index in [1.165, 1.54) is 17.8 Å². The van der Waals surface area contributed by atoms with E-state index in [-0.39, 0.29) is 17.5 Å². The second-order valence-electron chi connectivity index (χ2n) is 5.00. The molecule has 0 spiro atoms. The van der Waals surface area contributed by atoms with E-state index in [9.17, 15) is 9.18 Å². The Balaban J connectivity index is 1.55. The van der Waals surface area contributed by atoms with Crippen LogP contribution in [0.2, 0.25) is 0 Å². The van der Waals surface area contributed by atoms with Gasteiger partial charge in [0.05, 0.1) is 5.75 Å². The predicted molar refractivity (Wildman–Crippen MR) is 89.6 cm³/mol. The Hall–Kier alpha value is -2.74. The van der Waals surface area contributed by atoms with Crippen molar-refractivity contribution in [1.29, 1.82) is 0 Å². The van der Waals surface area contributed by atoms with Crippen molar-refractivity contribution in [1.82, 2.24) is 19.7 Å². The third kappa shape index (κ3) is 3.96. The van der Waals surface area contributed by atoms with E-state index in [0.717, 1.165) is 0 Å². The maximum absolute atomic E-state index is 13.5. The Morgan fingerprint density at radius 2 is 2.17 bits per heavy atom. The van der Waals surface area contributed by atoms with Gasteiger partial charge in [-0.3, -0.25) is 9.36 Å². The van der Waals surface area contributed by atoms with Gasteiger partial charge in [0.25, 0.3) is 0 Å². The number of anilines is 1. The number of aryl methyl sites for hydroxylation is 1. The highest BCUT2D eigenvalue weighted by molar-refractivity contribution is 7.99. The summed E-state index contributed by atoms with van der Waals surface area (Å²) in [6.07, 6.45) is 5.05. The van der Waals surface area contributed by atoms with Crippen LogP contribution in [0.1, 0.15) is 5.56 Å². The van der Waals surface area contributed by atoms with E-state index in [1.54, 1.807) is 54.5 Å². The number of imidazole rings is 1. The molecule has 8 heteroatoms. The monoisotopic (exact) mass is 343 g/mol. The minimum atomic E-state index is -0.346. The second kappa shape index (κ2) is 7.22. The summed E-state index contributed by atoms with van der Waals surface area (Å²) in [4.78, 5) is 15.9. The van der Waals surface area contributed by atoms with Crippen LogP contribution in [0.3, 0.4) is 0 Å². The molecule has 1 aromatic carbocycles. The average Bonchev–Trinajstić information content (AvgIpc) is 3.11. The third-order valence-corrected chi connectivity index (χ3v) is 4.12. The number of hydrogen-bond acceptors (Lipinski definition) is 5. The highest BCUT2D eigenvalue weighted by atomic mass is 32.2. The van der Waals surface area contributed by atoms with E-state index in [4.69, 9.17) is 0 Å². The third-order valence-electron chi connectivity index (χ3n) is 3.20. The summed E-state index contributed by atoms with van der Waals surface area (Å²) in [5.41, 5.74) is 0.973. The molecule has 0 saturated heterocycles. The number of benzene rings is 1. The molecule has 0 saturated carbocycles. The van der Waals surface area contributed by atoms with Crippen molar-refractivity contribution in [3.8, 4) is 5.82 Å². The average molecular weight is 343 g/mol. The van der Waals surface area contributed by atoms with Gasteiger partial charge in [0.15, 0.2) is 5.82 Å². The summed E-state index contributed by atoms with van der Waals surface area (Å²) < 4.78 is 15.2. The number of thioether (sulfide) groups is 1. The van der Waals surface area contributed by atoms with Gasteiger partial charge in [-0.25, -0.2) is 9.37 Å². The van der Waals surface area contributed by atoms with Crippen LogP contribution in [0, 0.1) is 12.7 Å². The quantitative estimate of drug-likeness (QED) is 0.721. The van der Waals surface area contributed by atoms with Crippen LogP contribution < -0.4 is 5.32 Å². The lowest BCUT2D eigenvalue weighted by Crippen LogP contribution is -2.14. The Bertz CT molecular complexity index is 836. The van der Waals surface area contributed by atoms with Gasteiger partial charge in [0.1, 0.15) is 17.2 Å². The number of nitrogens with zero attached hydrogens (tertiary/aromatic N) is 4. The minimum absolute atomic E-state index is 0.161. The van der Waals surface area contributed by atoms with Crippen LogP contribution in [0.5, 0.6) is 0 Å². The summed E-state index contributed by atoms with van der Waals surface area (Å²) in [5, 5.41) is 11.4. The van der Waals surface area contributed by atoms with Crippen LogP contribution in [0.15, 0.2) is 54.1 Å². The minimum Gasteiger partial charge on any atom is -0.325 e. The molecule has 24 heavy (non-hydrogen) atoms. The molecule has 6 nitrogen and oxygen atoms in total. The molecule has 0 aliphatic heterocycles. The number of rotatable bonds is 5. The van der Waals surface area contributed by atoms with Crippen LogP contribution >= 0.6 is 11.8 Å². The van der Waals surface area contributed by atoms with Gasteiger partial charge in [-0.2, -0.15) is 0 Å². The van der Waals surface area contributed by atoms with Crippen LogP contribution in [0.4, 0.5) is 10.1 Å². The molecule has 0 radical (unpaired) electrons. The van der Waals surface area contributed by atoms with Crippen molar-refractivity contribution in [2.45, 2.75) is 11.9 Å². The van der Waals surface area contributed by atoms with Crippen molar-refractivity contribution in [3.63, 3.8) is 0 Å². The molecule has 3 aromatic rings. The highest BCUT2D eigenvalue weighted by Crippen LogP contribution is 2.17. The predicted octanol–water partition coefficient (Wildman–Crippen LogP) is 2.84. The molecule has 2 aromatic heterocycles. The van der Waals surface area contributed by atoms with Crippen molar-refractivity contribution >= 4 is 23.4 Å². The zero-order valence-corrected chi connectivity index (χ0v) is 13.6. The van der Waals surface area contributed by atoms with Crippen molar-refractivity contribution in [2.24, 2.45) is 0 Å². The van der Waals surface area contributed by atoms with Gasteiger partial charge in [0.2, 0.25) is 5.91 Å². The molecule has 0 fully saturated rings. The van der Waals surface area contributed by atoms with Gasteiger partial charge in [-0.15, -0.1) is 10.2 Å². The smallest absolute Gasteiger partial charge is 0.234 e. The van der Waals surface area contributed by atoms with E-state index in [2.05, 4.69) is 20.5 Å². The lowest BCUT2D eigenvalue weighted by atomic mass is 10.2. The normalized spacial score (nSPS) is 10.6. The number of amides is 1. The molecule has 0 unspecified atom stereocenters. The zero-order chi connectivity index (χ0) is 16.9. The Morgan fingerprint density at radius 1 is 1.29 bits per heavy atom. The summed E-state index contributed by atoms with van der Waals surface area (Å²) in [6.45, 7) is 1.67. The maximum Gasteiger partial charge on any atom is 0.234 e. The number of nitrogens with one attached hydrogen (secondary N) is 1. The lowest BCUT2D eigenvalue weighted by molar-refractivity contribution is -0.113. The van der Waals surface area contributed by atoms with E-state index in [0.29, 0.717) is 22.1 Å². The first kappa shape index (κ1) is 16.1. The summed E-state index contributed by atoms with van der Waals surface area (Å²) in [5.74, 6) is 0.232. The molecular formula is C16H14FN5OS. The first-order valence-corrected chi connectivity index (χ1v) is 8.11. The van der Waals surface area contributed by atoms with Gasteiger partial charge >= 0.3 is 0 Å². The first-order valence-electron chi connectivity index (χ1n) is 7.13. The van der Waals surface area contributed by atoms with Crippen LogP contribution in [0.25, 0.3) is 5.82 Å². The fraction of sp³-hybridized carbons (Fsp3) is 0.125.